The van der Waals surface area contributed by atoms with Gasteiger partial charge in [-0.15, -0.1) is 23.8 Å². The van der Waals surface area contributed by atoms with Gasteiger partial charge in [-0.05, 0) is 89.8 Å². The number of phenols is 1. The maximum atomic E-state index is 12.0. The number of hydrogen-bond acceptors (Lipinski definition) is 3. The number of fused-ring (bicyclic) bond motifs is 1. The molecular formula is C55H46N3OPt-. The number of nitrogens with zero attached hydrogens (tertiary/aromatic N) is 3. The summed E-state index contributed by atoms with van der Waals surface area (Å²) in [5.41, 5.74) is 12.8. The van der Waals surface area contributed by atoms with Crippen LogP contribution in [0.1, 0.15) is 51.2 Å². The van der Waals surface area contributed by atoms with Crippen LogP contribution in [0.4, 0.5) is 0 Å². The average Bonchev–Trinajstić information content (AvgIpc) is 3.68. The molecule has 0 saturated heterocycles. The van der Waals surface area contributed by atoms with Gasteiger partial charge < -0.3 is 5.11 Å². The molecule has 9 aromatic rings. The largest absolute Gasteiger partial charge is 0.507 e. The van der Waals surface area contributed by atoms with Crippen molar-refractivity contribution in [3.63, 3.8) is 0 Å². The maximum absolute atomic E-state index is 12.0. The van der Waals surface area contributed by atoms with Crippen LogP contribution in [0.3, 0.4) is 0 Å². The normalized spacial score (nSPS) is 13.3. The van der Waals surface area contributed by atoms with Crippen LogP contribution in [0.2, 0.25) is 0 Å². The van der Waals surface area contributed by atoms with Gasteiger partial charge in [0.2, 0.25) is 0 Å². The van der Waals surface area contributed by atoms with Crippen molar-refractivity contribution in [3.05, 3.63) is 192 Å². The summed E-state index contributed by atoms with van der Waals surface area (Å²) in [4.78, 5) is 10.3. The number of para-hydroxylation sites is 1. The van der Waals surface area contributed by atoms with E-state index in [0.717, 1.165) is 55.6 Å². The van der Waals surface area contributed by atoms with Crippen molar-refractivity contribution in [2.24, 2.45) is 0 Å². The summed E-state index contributed by atoms with van der Waals surface area (Å²) < 4.78 is 50.6. The van der Waals surface area contributed by atoms with E-state index in [1.807, 2.05) is 121 Å². The summed E-state index contributed by atoms with van der Waals surface area (Å²) >= 11 is 0. The monoisotopic (exact) mass is 965 g/mol. The van der Waals surface area contributed by atoms with Crippen molar-refractivity contribution < 1.29 is 34.4 Å². The Morgan fingerprint density at radius 2 is 1.28 bits per heavy atom. The number of hydrogen-bond donors (Lipinski definition) is 1. The topological polar surface area (TPSA) is 50.9 Å². The van der Waals surface area contributed by atoms with E-state index in [2.05, 4.69) is 51.1 Å². The van der Waals surface area contributed by atoms with E-state index in [-0.39, 0.29) is 43.4 Å². The van der Waals surface area contributed by atoms with Crippen LogP contribution in [0.5, 0.6) is 5.75 Å². The molecule has 2 aromatic heterocycles. The van der Waals surface area contributed by atoms with Gasteiger partial charge in [0.05, 0.1) is 22.3 Å². The zero-order valence-corrected chi connectivity index (χ0v) is 36.0. The molecular weight excluding hydrogens is 914 g/mol. The number of imidazole rings is 1. The second kappa shape index (κ2) is 16.4. The predicted molar refractivity (Wildman–Crippen MR) is 245 cm³/mol. The van der Waals surface area contributed by atoms with Gasteiger partial charge in [0, 0.05) is 46.7 Å². The molecule has 0 atom stereocenters. The van der Waals surface area contributed by atoms with Gasteiger partial charge in [-0.3, -0.25) is 9.55 Å². The molecule has 7 aromatic carbocycles. The minimum atomic E-state index is -2.35. The third-order valence-corrected chi connectivity index (χ3v) is 10.9. The molecule has 0 fully saturated rings. The summed E-state index contributed by atoms with van der Waals surface area (Å²) in [6.45, 7) is 3.76. The molecule has 0 aliphatic carbocycles. The molecule has 0 bridgehead atoms. The number of pyridine rings is 1. The van der Waals surface area contributed by atoms with Crippen LogP contribution in [0.15, 0.2) is 164 Å². The van der Waals surface area contributed by atoms with Crippen LogP contribution < -0.4 is 0 Å². The van der Waals surface area contributed by atoms with E-state index in [4.69, 9.17) is 18.2 Å². The Hall–Kier alpha value is -6.35. The molecule has 298 valence electrons. The van der Waals surface area contributed by atoms with Crippen molar-refractivity contribution >= 4 is 11.0 Å². The van der Waals surface area contributed by atoms with Crippen molar-refractivity contribution in [2.75, 3.05) is 0 Å². The van der Waals surface area contributed by atoms with Gasteiger partial charge in [-0.2, -0.15) is 0 Å². The molecule has 0 amide bonds. The van der Waals surface area contributed by atoms with Gasteiger partial charge in [-0.1, -0.05) is 164 Å². The average molecular weight is 966 g/mol. The summed E-state index contributed by atoms with van der Waals surface area (Å²) in [5, 5.41) is 12.0. The molecule has 4 nitrogen and oxygen atoms in total. The van der Waals surface area contributed by atoms with E-state index in [1.165, 1.54) is 0 Å². The molecule has 0 aliphatic rings. The fourth-order valence-corrected chi connectivity index (χ4v) is 7.77. The Kier molecular flexibility index (Phi) is 9.13. The first-order chi connectivity index (χ1) is 30.9. The third kappa shape index (κ3) is 7.76. The molecule has 0 saturated carbocycles. The molecule has 60 heavy (non-hydrogen) atoms. The van der Waals surface area contributed by atoms with Crippen LogP contribution in [0.25, 0.3) is 83.9 Å². The zero-order chi connectivity index (χ0) is 45.8. The van der Waals surface area contributed by atoms with Crippen LogP contribution in [-0.2, 0) is 26.5 Å². The summed E-state index contributed by atoms with van der Waals surface area (Å²) in [6, 6.07) is 53.8. The van der Waals surface area contributed by atoms with E-state index in [1.54, 1.807) is 30.5 Å². The van der Waals surface area contributed by atoms with Gasteiger partial charge in [0.1, 0.15) is 11.6 Å². The standard InChI is InChI=1S/C55H46N3O.Pt/c1-35-20-23-39(24-21-35)41-26-27-56-49(33-41)44-31-42(38-14-9-7-10-15-38)30-43(32-44)46-18-13-19-51-52(46)57-54(48-34-45(55(4,5)6)29-37(3)53(48)59)58(51)50-25-22-36(2)28-47(50)40-16-11-8-12-17-40;/h7-31,33-34,59H,1-6H3;/q-1;/i1D3,2D3;. The molecule has 9 rings (SSSR count). The second-order valence-corrected chi connectivity index (χ2v) is 16.1. The van der Waals surface area contributed by atoms with Crippen LogP contribution >= 0.6 is 0 Å². The summed E-state index contributed by atoms with van der Waals surface area (Å²) in [5.74, 6) is 0.603. The number of rotatable bonds is 7. The van der Waals surface area contributed by atoms with E-state index in [0.29, 0.717) is 39.4 Å². The zero-order valence-electron chi connectivity index (χ0n) is 39.7. The number of phenolic OH excluding ortho intramolecular Hbond substituents is 1. The van der Waals surface area contributed by atoms with E-state index >= 15 is 0 Å². The number of aromatic hydroxyl groups is 1. The molecule has 0 spiro atoms. The van der Waals surface area contributed by atoms with E-state index < -0.39 is 13.7 Å². The molecule has 1 N–H and O–H groups in total. The molecule has 0 radical (unpaired) electrons. The Bertz CT molecular complexity index is 3230. The number of aromatic nitrogens is 3. The third-order valence-electron chi connectivity index (χ3n) is 10.9. The Balaban J connectivity index is 0.00000592. The smallest absolute Gasteiger partial charge is 0.148 e. The quantitative estimate of drug-likeness (QED) is 0.162. The van der Waals surface area contributed by atoms with Gasteiger partial charge in [-0.25, -0.2) is 4.98 Å². The fourth-order valence-electron chi connectivity index (χ4n) is 7.77. The SMILES string of the molecule is [2H]C([2H])([2H])c1ccc(-c2ccnc(-c3[c-]c(-c4cccc5c4nc(-c4cc(C(C)(C)C)cc(C)c4O)n5-c4ccc(C([2H])([2H])[2H])cc4-c4ccccc4)cc(-c4ccccc4)c3)c2)cc1.[Pt]. The first-order valence-corrected chi connectivity index (χ1v) is 19.7. The molecule has 2 heterocycles. The summed E-state index contributed by atoms with van der Waals surface area (Å²) in [7, 11) is 0. The van der Waals surface area contributed by atoms with Crippen molar-refractivity contribution in [3.8, 4) is 78.6 Å². The van der Waals surface area contributed by atoms with E-state index in [9.17, 15) is 5.11 Å². The van der Waals surface area contributed by atoms with Crippen molar-refractivity contribution in [1.82, 2.24) is 14.5 Å². The first kappa shape index (κ1) is 33.5. The maximum Gasteiger partial charge on any atom is 0.148 e. The molecule has 0 aliphatic heterocycles. The Morgan fingerprint density at radius 3 is 2.00 bits per heavy atom. The molecule has 5 heteroatoms. The van der Waals surface area contributed by atoms with Crippen molar-refractivity contribution in [1.29, 1.82) is 0 Å². The summed E-state index contributed by atoms with van der Waals surface area (Å²) in [6.07, 6.45) is 1.75. The van der Waals surface area contributed by atoms with Crippen molar-refractivity contribution in [2.45, 2.75) is 46.8 Å². The minimum absolute atomic E-state index is 0. The van der Waals surface area contributed by atoms with Gasteiger partial charge >= 0.3 is 0 Å². The minimum Gasteiger partial charge on any atom is -0.507 e. The van der Waals surface area contributed by atoms with Gasteiger partial charge in [0.25, 0.3) is 0 Å². The number of benzene rings is 7. The van der Waals surface area contributed by atoms with Gasteiger partial charge in [0.15, 0.2) is 0 Å². The second-order valence-electron chi connectivity index (χ2n) is 16.1. The fraction of sp³-hybridized carbons (Fsp3) is 0.127. The van der Waals surface area contributed by atoms with Crippen LogP contribution in [-0.4, -0.2) is 19.6 Å². The first-order valence-electron chi connectivity index (χ1n) is 22.7. The number of aryl methyl sites for hydroxylation is 3. The Morgan fingerprint density at radius 1 is 0.600 bits per heavy atom. The molecule has 0 unspecified atom stereocenters. The Labute approximate surface area is 376 Å². The van der Waals surface area contributed by atoms with Crippen LogP contribution in [0, 0.1) is 26.7 Å². The predicted octanol–water partition coefficient (Wildman–Crippen LogP) is 14.1.